The smallest absolute Gasteiger partial charge is 0.335 e. The van der Waals surface area contributed by atoms with Gasteiger partial charge in [0.05, 0.1) is 25.6 Å². The van der Waals surface area contributed by atoms with Crippen LogP contribution in [0.3, 0.4) is 0 Å². The molecule has 0 aliphatic rings. The molecule has 0 aliphatic heterocycles. The number of nitrogens with one attached hydrogen (secondary N) is 1. The maximum Gasteiger partial charge on any atom is 0.335 e. The second-order valence-electron chi connectivity index (χ2n) is 5.72. The van der Waals surface area contributed by atoms with Crippen molar-refractivity contribution in [3.05, 3.63) is 68.9 Å². The van der Waals surface area contributed by atoms with Crippen molar-refractivity contribution in [1.29, 1.82) is 0 Å². The van der Waals surface area contributed by atoms with Crippen molar-refractivity contribution < 1.29 is 14.6 Å². The quantitative estimate of drug-likeness (QED) is 0.453. The number of ether oxygens (including phenoxy) is 2. The molecule has 0 radical (unpaired) electrons. The highest BCUT2D eigenvalue weighted by Gasteiger charge is 2.18. The molecule has 28 heavy (non-hydrogen) atoms. The molecule has 1 heterocycles. The van der Waals surface area contributed by atoms with Crippen molar-refractivity contribution in [2.75, 3.05) is 20.0 Å². The van der Waals surface area contributed by atoms with Crippen molar-refractivity contribution in [2.24, 2.45) is 4.99 Å². The average Bonchev–Trinajstić information content (AvgIpc) is 2.67. The molecule has 3 aromatic rings. The molecule has 0 bridgehead atoms. The van der Waals surface area contributed by atoms with Gasteiger partial charge in [-0.05, 0) is 30.3 Å². The van der Waals surface area contributed by atoms with Crippen LogP contribution in [0, 0.1) is 0 Å². The van der Waals surface area contributed by atoms with Gasteiger partial charge in [-0.2, -0.15) is 0 Å². The van der Waals surface area contributed by atoms with E-state index in [0.717, 1.165) is 10.8 Å². The lowest BCUT2D eigenvalue weighted by atomic mass is 10.2. The Hall–Kier alpha value is -4.01. The van der Waals surface area contributed by atoms with E-state index >= 15 is 0 Å². The average molecular weight is 382 g/mol. The lowest BCUT2D eigenvalue weighted by molar-refractivity contribution is 0.393. The minimum Gasteiger partial charge on any atom is -0.497 e. The van der Waals surface area contributed by atoms with Crippen LogP contribution in [0.4, 0.5) is 11.4 Å². The first-order chi connectivity index (χ1) is 13.4. The number of aromatic hydroxyl groups is 1. The van der Waals surface area contributed by atoms with Gasteiger partial charge in [-0.25, -0.2) is 9.36 Å². The Morgan fingerprint density at radius 3 is 2.61 bits per heavy atom. The molecule has 9 heteroatoms. The van der Waals surface area contributed by atoms with Gasteiger partial charge in [-0.1, -0.05) is 6.07 Å². The SMILES string of the molecule is COc1ccc(OC)c(-n2c(O)c(C=Nc3cccc(N)c3)c(=O)[nH]c2=O)c1. The Morgan fingerprint density at radius 2 is 1.93 bits per heavy atom. The molecular weight excluding hydrogens is 364 g/mol. The number of hydrogen-bond donors (Lipinski definition) is 3. The van der Waals surface area contributed by atoms with E-state index in [1.807, 2.05) is 0 Å². The van der Waals surface area contributed by atoms with E-state index in [2.05, 4.69) is 9.98 Å². The molecule has 2 aromatic carbocycles. The molecular formula is C19H18N4O5. The third kappa shape index (κ3) is 3.58. The van der Waals surface area contributed by atoms with E-state index in [-0.39, 0.29) is 11.3 Å². The Labute approximate surface area is 159 Å². The number of methoxy groups -OCH3 is 2. The van der Waals surface area contributed by atoms with Gasteiger partial charge in [0, 0.05) is 18.0 Å². The lowest BCUT2D eigenvalue weighted by Crippen LogP contribution is -2.31. The minimum absolute atomic E-state index is 0.194. The number of anilines is 1. The molecule has 3 rings (SSSR count). The van der Waals surface area contributed by atoms with Crippen LogP contribution in [0.5, 0.6) is 17.4 Å². The molecule has 0 amide bonds. The summed E-state index contributed by atoms with van der Waals surface area (Å²) in [7, 11) is 2.88. The van der Waals surface area contributed by atoms with Crippen LogP contribution in [0.2, 0.25) is 0 Å². The Balaban J connectivity index is 2.19. The number of hydrogen-bond acceptors (Lipinski definition) is 7. The van der Waals surface area contributed by atoms with Crippen LogP contribution in [-0.2, 0) is 0 Å². The number of nitrogens with two attached hydrogens (primary N) is 1. The fourth-order valence-corrected chi connectivity index (χ4v) is 2.59. The highest BCUT2D eigenvalue weighted by Crippen LogP contribution is 2.29. The third-order valence-electron chi connectivity index (χ3n) is 3.96. The summed E-state index contributed by atoms with van der Waals surface area (Å²) in [6, 6.07) is 11.4. The molecule has 0 fully saturated rings. The van der Waals surface area contributed by atoms with Crippen LogP contribution < -0.4 is 26.5 Å². The van der Waals surface area contributed by atoms with Gasteiger partial charge in [-0.3, -0.25) is 14.8 Å². The van der Waals surface area contributed by atoms with Crippen LogP contribution in [-0.4, -0.2) is 35.1 Å². The normalized spacial score (nSPS) is 10.9. The molecule has 1 aromatic heterocycles. The Bertz CT molecular complexity index is 1160. The summed E-state index contributed by atoms with van der Waals surface area (Å²) in [6.07, 6.45) is 1.16. The number of aromatic amines is 1. The molecule has 0 aliphatic carbocycles. The van der Waals surface area contributed by atoms with Gasteiger partial charge >= 0.3 is 5.69 Å². The van der Waals surface area contributed by atoms with Gasteiger partial charge in [0.1, 0.15) is 17.1 Å². The van der Waals surface area contributed by atoms with Crippen LogP contribution in [0.1, 0.15) is 5.56 Å². The molecule has 0 saturated heterocycles. The molecule has 0 atom stereocenters. The van der Waals surface area contributed by atoms with Gasteiger partial charge in [0.2, 0.25) is 5.88 Å². The molecule has 0 unspecified atom stereocenters. The predicted molar refractivity (Wildman–Crippen MR) is 106 cm³/mol. The van der Waals surface area contributed by atoms with Crippen molar-refractivity contribution in [2.45, 2.75) is 0 Å². The summed E-state index contributed by atoms with van der Waals surface area (Å²) in [5.74, 6) is 0.139. The van der Waals surface area contributed by atoms with E-state index < -0.39 is 17.1 Å². The second kappa shape index (κ2) is 7.70. The fourth-order valence-electron chi connectivity index (χ4n) is 2.59. The highest BCUT2D eigenvalue weighted by atomic mass is 16.5. The second-order valence-corrected chi connectivity index (χ2v) is 5.72. The number of nitrogens with zero attached hydrogens (tertiary/aromatic N) is 2. The molecule has 9 nitrogen and oxygen atoms in total. The number of H-pyrrole nitrogens is 1. The number of aromatic nitrogens is 2. The van der Waals surface area contributed by atoms with Crippen LogP contribution in [0.15, 0.2) is 57.0 Å². The molecule has 0 saturated carbocycles. The highest BCUT2D eigenvalue weighted by molar-refractivity contribution is 5.84. The summed E-state index contributed by atoms with van der Waals surface area (Å²) in [5, 5.41) is 10.7. The molecule has 4 N–H and O–H groups in total. The van der Waals surface area contributed by atoms with Crippen molar-refractivity contribution >= 4 is 17.6 Å². The van der Waals surface area contributed by atoms with Crippen LogP contribution in [0.25, 0.3) is 5.69 Å². The van der Waals surface area contributed by atoms with E-state index in [1.165, 1.54) is 20.3 Å². The number of rotatable bonds is 5. The monoisotopic (exact) mass is 382 g/mol. The summed E-state index contributed by atoms with van der Waals surface area (Å²) >= 11 is 0. The van der Waals surface area contributed by atoms with E-state index in [4.69, 9.17) is 15.2 Å². The fraction of sp³-hybridized carbons (Fsp3) is 0.105. The lowest BCUT2D eigenvalue weighted by Gasteiger charge is -2.14. The van der Waals surface area contributed by atoms with E-state index in [1.54, 1.807) is 36.4 Å². The predicted octanol–water partition coefficient (Wildman–Crippen LogP) is 1.58. The van der Waals surface area contributed by atoms with Crippen molar-refractivity contribution in [1.82, 2.24) is 9.55 Å². The molecule has 0 spiro atoms. The summed E-state index contributed by atoms with van der Waals surface area (Å²) in [6.45, 7) is 0. The van der Waals surface area contributed by atoms with Gasteiger partial charge in [-0.15, -0.1) is 0 Å². The van der Waals surface area contributed by atoms with E-state index in [0.29, 0.717) is 22.9 Å². The molecule has 144 valence electrons. The summed E-state index contributed by atoms with van der Waals surface area (Å²) < 4.78 is 11.3. The standard InChI is InChI=1S/C19H18N4O5/c1-27-13-6-7-16(28-2)15(9-13)23-18(25)14(17(24)22-19(23)26)10-21-12-5-3-4-11(20)8-12/h3-10,25H,20H2,1-2H3,(H,22,24,26). The van der Waals surface area contributed by atoms with Gasteiger partial charge < -0.3 is 20.3 Å². The largest absolute Gasteiger partial charge is 0.497 e. The van der Waals surface area contributed by atoms with Crippen molar-refractivity contribution in [3.63, 3.8) is 0 Å². The van der Waals surface area contributed by atoms with Crippen LogP contribution >= 0.6 is 0 Å². The summed E-state index contributed by atoms with van der Waals surface area (Å²) in [4.78, 5) is 30.9. The maximum atomic E-state index is 12.4. The first-order valence-corrected chi connectivity index (χ1v) is 8.15. The number of aliphatic imine (C=N–C) groups is 1. The van der Waals surface area contributed by atoms with Crippen molar-refractivity contribution in [3.8, 4) is 23.1 Å². The third-order valence-corrected chi connectivity index (χ3v) is 3.96. The zero-order valence-electron chi connectivity index (χ0n) is 15.2. The Morgan fingerprint density at radius 1 is 1.14 bits per heavy atom. The van der Waals surface area contributed by atoms with Gasteiger partial charge in [0.25, 0.3) is 5.56 Å². The zero-order chi connectivity index (χ0) is 20.3. The topological polar surface area (TPSA) is 132 Å². The first kappa shape index (κ1) is 18.8. The summed E-state index contributed by atoms with van der Waals surface area (Å²) in [5.41, 5.74) is 5.06. The first-order valence-electron chi connectivity index (χ1n) is 8.15. The number of nitrogen functional groups attached to an aromatic ring is 1. The van der Waals surface area contributed by atoms with Gasteiger partial charge in [0.15, 0.2) is 0 Å². The maximum absolute atomic E-state index is 12.4. The zero-order valence-corrected chi connectivity index (χ0v) is 15.2. The van der Waals surface area contributed by atoms with E-state index in [9.17, 15) is 14.7 Å². The Kier molecular flexibility index (Phi) is 5.16. The minimum atomic E-state index is -0.838. The number of benzene rings is 2.